The number of aliphatic hydroxyl groups excluding tert-OH is 2. The van der Waals surface area contributed by atoms with E-state index in [0.29, 0.717) is 26.1 Å². The first-order chi connectivity index (χ1) is 6.26. The Morgan fingerprint density at radius 3 is 2.62 bits per heavy atom. The molecule has 4 heteroatoms. The Morgan fingerprint density at radius 1 is 1.31 bits per heavy atom. The van der Waals surface area contributed by atoms with E-state index in [9.17, 15) is 5.11 Å². The molecular formula is C9H16O4. The molecule has 1 saturated heterocycles. The summed E-state index contributed by atoms with van der Waals surface area (Å²) in [4.78, 5) is 0. The zero-order valence-corrected chi connectivity index (χ0v) is 7.61. The Morgan fingerprint density at radius 2 is 2.00 bits per heavy atom. The average Bonchev–Trinajstić information content (AvgIpc) is 2.59. The fourth-order valence-electron chi connectivity index (χ4n) is 2.19. The number of rotatable bonds is 1. The summed E-state index contributed by atoms with van der Waals surface area (Å²) in [5.41, 5.74) is 0. The van der Waals surface area contributed by atoms with Gasteiger partial charge in [0, 0.05) is 25.4 Å². The van der Waals surface area contributed by atoms with E-state index in [-0.39, 0.29) is 12.5 Å². The van der Waals surface area contributed by atoms with Crippen LogP contribution in [0.2, 0.25) is 0 Å². The molecule has 0 aromatic rings. The summed E-state index contributed by atoms with van der Waals surface area (Å²) in [5.74, 6) is -0.584. The lowest BCUT2D eigenvalue weighted by molar-refractivity contribution is -0.205. The zero-order valence-electron chi connectivity index (χ0n) is 7.61. The maximum absolute atomic E-state index is 9.54. The van der Waals surface area contributed by atoms with Gasteiger partial charge >= 0.3 is 0 Å². The van der Waals surface area contributed by atoms with Gasteiger partial charge in [0.2, 0.25) is 0 Å². The van der Waals surface area contributed by atoms with Gasteiger partial charge in [-0.1, -0.05) is 0 Å². The highest BCUT2D eigenvalue weighted by Crippen LogP contribution is 2.38. The molecular weight excluding hydrogens is 172 g/mol. The van der Waals surface area contributed by atoms with Crippen molar-refractivity contribution in [3.63, 3.8) is 0 Å². The summed E-state index contributed by atoms with van der Waals surface area (Å²) in [7, 11) is 0. The Bertz CT molecular complexity index is 176. The van der Waals surface area contributed by atoms with Crippen molar-refractivity contribution in [1.82, 2.24) is 0 Å². The van der Waals surface area contributed by atoms with Gasteiger partial charge in [-0.25, -0.2) is 0 Å². The fraction of sp³-hybridized carbons (Fsp3) is 1.00. The maximum Gasteiger partial charge on any atom is 0.169 e. The van der Waals surface area contributed by atoms with E-state index in [2.05, 4.69) is 0 Å². The SMILES string of the molecule is OCC1CC2(CCC1O)OCCO2. The Kier molecular flexibility index (Phi) is 2.55. The van der Waals surface area contributed by atoms with Crippen molar-refractivity contribution in [2.45, 2.75) is 31.2 Å². The second-order valence-corrected chi connectivity index (χ2v) is 3.86. The average molecular weight is 188 g/mol. The number of aliphatic hydroxyl groups is 2. The lowest BCUT2D eigenvalue weighted by Gasteiger charge is -2.38. The number of hydrogen-bond donors (Lipinski definition) is 2. The van der Waals surface area contributed by atoms with Gasteiger partial charge in [0.05, 0.1) is 19.3 Å². The first-order valence-corrected chi connectivity index (χ1v) is 4.83. The van der Waals surface area contributed by atoms with E-state index >= 15 is 0 Å². The standard InChI is InChI=1S/C9H16O4/c10-6-7-5-9(2-1-8(7)11)12-3-4-13-9/h7-8,10-11H,1-6H2. The summed E-state index contributed by atoms with van der Waals surface area (Å²) in [6.45, 7) is 1.28. The molecule has 1 spiro atoms. The Balaban J connectivity index is 2.01. The molecule has 2 unspecified atom stereocenters. The van der Waals surface area contributed by atoms with Crippen LogP contribution in [0.4, 0.5) is 0 Å². The number of ether oxygens (including phenoxy) is 2. The van der Waals surface area contributed by atoms with E-state index < -0.39 is 11.9 Å². The second-order valence-electron chi connectivity index (χ2n) is 3.86. The summed E-state index contributed by atoms with van der Waals surface area (Å²) in [6.07, 6.45) is 1.61. The summed E-state index contributed by atoms with van der Waals surface area (Å²) >= 11 is 0. The molecule has 76 valence electrons. The van der Waals surface area contributed by atoms with Crippen molar-refractivity contribution in [3.05, 3.63) is 0 Å². The molecule has 1 aliphatic carbocycles. The highest BCUT2D eigenvalue weighted by atomic mass is 16.7. The van der Waals surface area contributed by atoms with Crippen LogP contribution in [-0.4, -0.2) is 41.9 Å². The molecule has 13 heavy (non-hydrogen) atoms. The highest BCUT2D eigenvalue weighted by Gasteiger charge is 2.44. The van der Waals surface area contributed by atoms with Gasteiger partial charge in [-0.05, 0) is 6.42 Å². The third-order valence-electron chi connectivity index (χ3n) is 2.99. The van der Waals surface area contributed by atoms with Crippen LogP contribution in [0, 0.1) is 5.92 Å². The van der Waals surface area contributed by atoms with Crippen LogP contribution in [0.5, 0.6) is 0 Å². The monoisotopic (exact) mass is 188 g/mol. The van der Waals surface area contributed by atoms with Crippen LogP contribution in [0.3, 0.4) is 0 Å². The minimum Gasteiger partial charge on any atom is -0.396 e. The minimum absolute atomic E-state index is 0.00956. The van der Waals surface area contributed by atoms with Gasteiger partial charge < -0.3 is 19.7 Å². The van der Waals surface area contributed by atoms with Crippen LogP contribution in [0.1, 0.15) is 19.3 Å². The molecule has 1 saturated carbocycles. The fourth-order valence-corrected chi connectivity index (χ4v) is 2.19. The molecule has 0 radical (unpaired) electrons. The largest absolute Gasteiger partial charge is 0.396 e. The number of hydrogen-bond acceptors (Lipinski definition) is 4. The van der Waals surface area contributed by atoms with Gasteiger partial charge in [0.25, 0.3) is 0 Å². The van der Waals surface area contributed by atoms with Gasteiger partial charge in [-0.3, -0.25) is 0 Å². The van der Waals surface area contributed by atoms with Crippen LogP contribution in [-0.2, 0) is 9.47 Å². The lowest BCUT2D eigenvalue weighted by Crippen LogP contribution is -2.43. The van der Waals surface area contributed by atoms with Crippen molar-refractivity contribution >= 4 is 0 Å². The second kappa shape index (κ2) is 3.53. The van der Waals surface area contributed by atoms with E-state index in [1.165, 1.54) is 0 Å². The zero-order chi connectivity index (χ0) is 9.31. The van der Waals surface area contributed by atoms with Gasteiger partial charge in [0.15, 0.2) is 5.79 Å². The van der Waals surface area contributed by atoms with E-state index in [0.717, 1.165) is 6.42 Å². The summed E-state index contributed by atoms with van der Waals surface area (Å²) in [5, 5.41) is 18.6. The predicted molar refractivity (Wildman–Crippen MR) is 45.1 cm³/mol. The van der Waals surface area contributed by atoms with Crippen LogP contribution in [0.15, 0.2) is 0 Å². The smallest absolute Gasteiger partial charge is 0.169 e. The summed E-state index contributed by atoms with van der Waals surface area (Å²) in [6, 6.07) is 0. The highest BCUT2D eigenvalue weighted by molar-refractivity contribution is 4.87. The van der Waals surface area contributed by atoms with Crippen LogP contribution >= 0.6 is 0 Å². The maximum atomic E-state index is 9.54. The molecule has 0 aromatic carbocycles. The predicted octanol–water partition coefficient (Wildman–Crippen LogP) is -0.117. The van der Waals surface area contributed by atoms with Crippen molar-refractivity contribution in [1.29, 1.82) is 0 Å². The third-order valence-corrected chi connectivity index (χ3v) is 2.99. The van der Waals surface area contributed by atoms with Gasteiger partial charge in [-0.2, -0.15) is 0 Å². The van der Waals surface area contributed by atoms with Crippen molar-refractivity contribution in [3.8, 4) is 0 Å². The topological polar surface area (TPSA) is 58.9 Å². The lowest BCUT2D eigenvalue weighted by atomic mass is 9.83. The molecule has 1 heterocycles. The van der Waals surface area contributed by atoms with Gasteiger partial charge in [-0.15, -0.1) is 0 Å². The quantitative estimate of drug-likeness (QED) is 0.602. The summed E-state index contributed by atoms with van der Waals surface area (Å²) < 4.78 is 11.0. The molecule has 2 fully saturated rings. The molecule has 2 aliphatic rings. The van der Waals surface area contributed by atoms with Crippen molar-refractivity contribution in [2.75, 3.05) is 19.8 Å². The molecule has 0 amide bonds. The van der Waals surface area contributed by atoms with Crippen LogP contribution in [0.25, 0.3) is 0 Å². The van der Waals surface area contributed by atoms with Crippen LogP contribution < -0.4 is 0 Å². The molecule has 2 atom stereocenters. The van der Waals surface area contributed by atoms with E-state index in [1.807, 2.05) is 0 Å². The molecule has 2 rings (SSSR count). The van der Waals surface area contributed by atoms with E-state index in [1.54, 1.807) is 0 Å². The Labute approximate surface area is 77.5 Å². The van der Waals surface area contributed by atoms with E-state index in [4.69, 9.17) is 14.6 Å². The van der Waals surface area contributed by atoms with Crippen molar-refractivity contribution < 1.29 is 19.7 Å². The molecule has 1 aliphatic heterocycles. The molecule has 4 nitrogen and oxygen atoms in total. The molecule has 2 N–H and O–H groups in total. The first kappa shape index (κ1) is 9.40. The third kappa shape index (κ3) is 1.72. The molecule has 0 bridgehead atoms. The normalized spacial score (nSPS) is 38.3. The minimum atomic E-state index is -0.493. The Hall–Kier alpha value is -0.160. The van der Waals surface area contributed by atoms with Gasteiger partial charge in [0.1, 0.15) is 0 Å². The van der Waals surface area contributed by atoms with Crippen molar-refractivity contribution in [2.24, 2.45) is 5.92 Å². The first-order valence-electron chi connectivity index (χ1n) is 4.83. The molecule has 0 aromatic heterocycles.